The number of ketones is 1. The molecule has 2 rings (SSSR count). The van der Waals surface area contributed by atoms with Crippen molar-refractivity contribution >= 4 is 28.7 Å². The van der Waals surface area contributed by atoms with Crippen LogP contribution in [0.2, 0.25) is 5.02 Å². The van der Waals surface area contributed by atoms with Crippen LogP contribution in [0, 0.1) is 5.82 Å². The molecule has 0 fully saturated rings. The lowest BCUT2D eigenvalue weighted by Gasteiger charge is -2.03. The Hall–Kier alpha value is -1.47. The molecule has 106 valence electrons. The molecule has 0 aliphatic carbocycles. The van der Waals surface area contributed by atoms with Crippen LogP contribution in [0.15, 0.2) is 24.4 Å². The minimum absolute atomic E-state index is 0.0406. The highest BCUT2D eigenvalue weighted by Crippen LogP contribution is 2.33. The van der Waals surface area contributed by atoms with Gasteiger partial charge in [-0.15, -0.1) is 11.3 Å². The van der Waals surface area contributed by atoms with Crippen LogP contribution in [0.3, 0.4) is 0 Å². The number of hydrogen-bond donors (Lipinski definition) is 0. The quantitative estimate of drug-likeness (QED) is 0.620. The first-order valence-electron chi connectivity index (χ1n) is 5.28. The van der Waals surface area contributed by atoms with Crippen molar-refractivity contribution in [2.75, 3.05) is 0 Å². The van der Waals surface area contributed by atoms with Crippen molar-refractivity contribution in [1.82, 2.24) is 4.98 Å². The van der Waals surface area contributed by atoms with E-state index >= 15 is 0 Å². The Morgan fingerprint density at radius 2 is 2.05 bits per heavy atom. The summed E-state index contributed by atoms with van der Waals surface area (Å²) in [6.45, 7) is 0. The molecule has 0 saturated carbocycles. The molecule has 2 nitrogen and oxygen atoms in total. The van der Waals surface area contributed by atoms with E-state index in [4.69, 9.17) is 11.6 Å². The fraction of sp³-hybridized carbons (Fsp3) is 0.167. The van der Waals surface area contributed by atoms with Gasteiger partial charge < -0.3 is 0 Å². The summed E-state index contributed by atoms with van der Waals surface area (Å²) >= 11 is 5.98. The van der Waals surface area contributed by atoms with E-state index in [0.717, 1.165) is 12.3 Å². The fourth-order valence-electron chi connectivity index (χ4n) is 1.48. The van der Waals surface area contributed by atoms with Gasteiger partial charge in [0.2, 0.25) is 0 Å². The molecule has 20 heavy (non-hydrogen) atoms. The molecule has 8 heteroatoms. The van der Waals surface area contributed by atoms with E-state index < -0.39 is 29.2 Å². The highest BCUT2D eigenvalue weighted by Gasteiger charge is 2.35. The molecule has 1 heterocycles. The minimum Gasteiger partial charge on any atom is -0.293 e. The normalized spacial score (nSPS) is 11.7. The zero-order chi connectivity index (χ0) is 14.9. The van der Waals surface area contributed by atoms with Crippen LogP contribution in [-0.4, -0.2) is 10.8 Å². The largest absolute Gasteiger partial charge is 0.443 e. The Kier molecular flexibility index (Phi) is 4.10. The highest BCUT2D eigenvalue weighted by molar-refractivity contribution is 7.13. The average Bonchev–Trinajstić information content (AvgIpc) is 2.83. The van der Waals surface area contributed by atoms with Crippen molar-refractivity contribution in [2.24, 2.45) is 0 Å². The van der Waals surface area contributed by atoms with E-state index in [9.17, 15) is 22.4 Å². The van der Waals surface area contributed by atoms with Gasteiger partial charge in [0.15, 0.2) is 10.8 Å². The van der Waals surface area contributed by atoms with Gasteiger partial charge in [0.1, 0.15) is 5.82 Å². The Bertz CT molecular complexity index is 633. The Labute approximate surface area is 120 Å². The summed E-state index contributed by atoms with van der Waals surface area (Å²) in [6.07, 6.45) is -4.17. The van der Waals surface area contributed by atoms with Crippen LogP contribution in [0.25, 0.3) is 0 Å². The standard InChI is InChI=1S/C12H6ClF4NOS/c13-7-2-1-3-8(14)6(7)4-9(19)10-5-18-11(20-10)12(15,16)17/h1-3,5H,4H2. The SMILES string of the molecule is O=C(Cc1c(F)cccc1Cl)c1cnc(C(F)(F)F)s1. The van der Waals surface area contributed by atoms with Crippen LogP contribution >= 0.6 is 22.9 Å². The van der Waals surface area contributed by atoms with Crippen molar-refractivity contribution < 1.29 is 22.4 Å². The van der Waals surface area contributed by atoms with E-state index in [0.29, 0.717) is 0 Å². The molecule has 0 unspecified atom stereocenters. The summed E-state index contributed by atoms with van der Waals surface area (Å²) in [5.41, 5.74) is -0.0406. The minimum atomic E-state index is -4.60. The molecule has 1 aromatic heterocycles. The number of rotatable bonds is 3. The predicted molar refractivity (Wildman–Crippen MR) is 66.6 cm³/mol. The Balaban J connectivity index is 2.23. The van der Waals surface area contributed by atoms with Gasteiger partial charge in [-0.3, -0.25) is 4.79 Å². The van der Waals surface area contributed by atoms with E-state index in [1.165, 1.54) is 12.1 Å². The van der Waals surface area contributed by atoms with Crippen LogP contribution in [0.5, 0.6) is 0 Å². The molecule has 0 N–H and O–H groups in total. The number of carbonyl (C=O) groups is 1. The molecule has 0 atom stereocenters. The van der Waals surface area contributed by atoms with Gasteiger partial charge in [0, 0.05) is 23.2 Å². The van der Waals surface area contributed by atoms with E-state index in [2.05, 4.69) is 4.98 Å². The van der Waals surface area contributed by atoms with Gasteiger partial charge >= 0.3 is 6.18 Å². The topological polar surface area (TPSA) is 30.0 Å². The summed E-state index contributed by atoms with van der Waals surface area (Å²) in [4.78, 5) is 14.8. The van der Waals surface area contributed by atoms with Gasteiger partial charge in [-0.25, -0.2) is 9.37 Å². The van der Waals surface area contributed by atoms with Crippen molar-refractivity contribution in [2.45, 2.75) is 12.6 Å². The van der Waals surface area contributed by atoms with Gasteiger partial charge in [-0.2, -0.15) is 13.2 Å². The second-order valence-electron chi connectivity index (χ2n) is 3.83. The van der Waals surface area contributed by atoms with Crippen molar-refractivity contribution in [1.29, 1.82) is 0 Å². The number of benzene rings is 1. The van der Waals surface area contributed by atoms with Gasteiger partial charge in [0.25, 0.3) is 0 Å². The molecule has 0 spiro atoms. The van der Waals surface area contributed by atoms with E-state index in [1.54, 1.807) is 0 Å². The molecule has 1 aromatic carbocycles. The number of alkyl halides is 3. The molecule has 0 amide bonds. The van der Waals surface area contributed by atoms with E-state index in [-0.39, 0.29) is 26.8 Å². The first-order chi connectivity index (χ1) is 9.29. The molecule has 0 aliphatic rings. The summed E-state index contributed by atoms with van der Waals surface area (Å²) in [6, 6.07) is 3.91. The van der Waals surface area contributed by atoms with Crippen molar-refractivity contribution in [3.05, 3.63) is 50.7 Å². The second-order valence-corrected chi connectivity index (χ2v) is 5.27. The Morgan fingerprint density at radius 3 is 2.60 bits per heavy atom. The monoisotopic (exact) mass is 323 g/mol. The highest BCUT2D eigenvalue weighted by atomic mass is 35.5. The molecule has 0 bridgehead atoms. The molecule has 0 radical (unpaired) electrons. The lowest BCUT2D eigenvalue weighted by atomic mass is 10.1. The number of halogens is 5. The molecular formula is C12H6ClF4NOS. The fourth-order valence-corrected chi connectivity index (χ4v) is 2.43. The summed E-state index contributed by atoms with van der Waals surface area (Å²) in [5.74, 6) is -1.34. The molecule has 0 saturated heterocycles. The predicted octanol–water partition coefficient (Wildman–Crippen LogP) is 4.38. The van der Waals surface area contributed by atoms with Crippen LogP contribution in [0.4, 0.5) is 17.6 Å². The van der Waals surface area contributed by atoms with Crippen molar-refractivity contribution in [3.63, 3.8) is 0 Å². The maximum Gasteiger partial charge on any atom is 0.443 e. The van der Waals surface area contributed by atoms with Crippen LogP contribution in [-0.2, 0) is 12.6 Å². The first kappa shape index (κ1) is 14.9. The smallest absolute Gasteiger partial charge is 0.293 e. The third kappa shape index (κ3) is 3.16. The molecule has 0 aliphatic heterocycles. The lowest BCUT2D eigenvalue weighted by molar-refractivity contribution is -0.137. The maximum atomic E-state index is 13.5. The lowest BCUT2D eigenvalue weighted by Crippen LogP contribution is -2.04. The van der Waals surface area contributed by atoms with Gasteiger partial charge in [-0.1, -0.05) is 17.7 Å². The Morgan fingerprint density at radius 1 is 1.35 bits per heavy atom. The third-order valence-electron chi connectivity index (χ3n) is 2.42. The number of hydrogen-bond acceptors (Lipinski definition) is 3. The number of thiazole rings is 1. The van der Waals surface area contributed by atoms with Gasteiger partial charge in [-0.05, 0) is 12.1 Å². The third-order valence-corrected chi connectivity index (χ3v) is 3.86. The zero-order valence-corrected chi connectivity index (χ0v) is 11.2. The van der Waals surface area contributed by atoms with Crippen molar-refractivity contribution in [3.8, 4) is 0 Å². The average molecular weight is 324 g/mol. The number of carbonyl (C=O) groups excluding carboxylic acids is 1. The van der Waals surface area contributed by atoms with Crippen LogP contribution in [0.1, 0.15) is 20.2 Å². The van der Waals surface area contributed by atoms with Gasteiger partial charge in [0.05, 0.1) is 4.88 Å². The second kappa shape index (κ2) is 5.49. The molecule has 2 aromatic rings. The number of aromatic nitrogens is 1. The summed E-state index contributed by atoms with van der Waals surface area (Å²) in [5, 5.41) is -1.06. The zero-order valence-electron chi connectivity index (χ0n) is 9.67. The number of nitrogens with zero attached hydrogens (tertiary/aromatic N) is 1. The summed E-state index contributed by atoms with van der Waals surface area (Å²) < 4.78 is 50.6. The van der Waals surface area contributed by atoms with Crippen LogP contribution < -0.4 is 0 Å². The van der Waals surface area contributed by atoms with E-state index in [1.807, 2.05) is 0 Å². The number of Topliss-reactive ketones (excluding diaryl/α,β-unsaturated/α-hetero) is 1. The maximum absolute atomic E-state index is 13.5. The summed E-state index contributed by atoms with van der Waals surface area (Å²) in [7, 11) is 0. The first-order valence-corrected chi connectivity index (χ1v) is 6.47. The molecular weight excluding hydrogens is 318 g/mol.